The highest BCUT2D eigenvalue weighted by molar-refractivity contribution is 5.80. The number of ether oxygens (including phenoxy) is 1. The first kappa shape index (κ1) is 24.1. The Morgan fingerprint density at radius 1 is 0.829 bits per heavy atom. The Kier molecular flexibility index (Phi) is 6.14. The smallest absolute Gasteiger partial charge is 0.416 e. The van der Waals surface area contributed by atoms with Crippen LogP contribution in [0.1, 0.15) is 22.5 Å². The van der Waals surface area contributed by atoms with Crippen molar-refractivity contribution in [2.45, 2.75) is 12.4 Å². The summed E-state index contributed by atoms with van der Waals surface area (Å²) in [5.41, 5.74) is -3.60. The van der Waals surface area contributed by atoms with Crippen molar-refractivity contribution in [3.05, 3.63) is 99.6 Å². The Morgan fingerprint density at radius 2 is 1.43 bits per heavy atom. The third-order valence-corrected chi connectivity index (χ3v) is 5.17. The van der Waals surface area contributed by atoms with Crippen molar-refractivity contribution < 1.29 is 31.1 Å². The third kappa shape index (κ3) is 5.06. The standard InChI is InChI=1S/C25H16F6N2O2/c1-35-19-9-6-15(7-10-19)8-11-22-32-21-5-3-2-4-20(21)23(34)33(22)18-13-16(24(26,27)28)12-17(14-18)25(29,30)31/h2-14H,1H3/b11-8+. The van der Waals surface area contributed by atoms with Crippen LogP contribution in [-0.4, -0.2) is 16.7 Å². The van der Waals surface area contributed by atoms with E-state index in [1.807, 2.05) is 0 Å². The summed E-state index contributed by atoms with van der Waals surface area (Å²) in [6, 6.07) is 13.8. The van der Waals surface area contributed by atoms with Crippen LogP contribution in [0.3, 0.4) is 0 Å². The van der Waals surface area contributed by atoms with E-state index in [2.05, 4.69) is 4.98 Å². The van der Waals surface area contributed by atoms with Gasteiger partial charge >= 0.3 is 12.4 Å². The van der Waals surface area contributed by atoms with Crippen LogP contribution in [0.4, 0.5) is 26.3 Å². The van der Waals surface area contributed by atoms with Gasteiger partial charge in [0.15, 0.2) is 0 Å². The summed E-state index contributed by atoms with van der Waals surface area (Å²) in [5.74, 6) is 0.448. The number of hydrogen-bond acceptors (Lipinski definition) is 3. The van der Waals surface area contributed by atoms with Crippen LogP contribution in [0, 0.1) is 0 Å². The fourth-order valence-electron chi connectivity index (χ4n) is 3.46. The lowest BCUT2D eigenvalue weighted by molar-refractivity contribution is -0.143. The summed E-state index contributed by atoms with van der Waals surface area (Å²) in [4.78, 5) is 17.6. The van der Waals surface area contributed by atoms with E-state index >= 15 is 0 Å². The molecule has 4 nitrogen and oxygen atoms in total. The molecule has 4 rings (SSSR count). The van der Waals surface area contributed by atoms with E-state index in [1.165, 1.54) is 37.5 Å². The monoisotopic (exact) mass is 490 g/mol. The van der Waals surface area contributed by atoms with Crippen molar-refractivity contribution in [3.63, 3.8) is 0 Å². The quantitative estimate of drug-likeness (QED) is 0.303. The fourth-order valence-corrected chi connectivity index (χ4v) is 3.46. The van der Waals surface area contributed by atoms with Gasteiger partial charge < -0.3 is 4.74 Å². The summed E-state index contributed by atoms with van der Waals surface area (Å²) >= 11 is 0. The third-order valence-electron chi connectivity index (χ3n) is 5.17. The van der Waals surface area contributed by atoms with Gasteiger partial charge in [0.2, 0.25) is 0 Å². The Balaban J connectivity index is 1.98. The molecular formula is C25H16F6N2O2. The van der Waals surface area contributed by atoms with Crippen LogP contribution in [0.5, 0.6) is 5.75 Å². The summed E-state index contributed by atoms with van der Waals surface area (Å²) in [5, 5.41) is 0.0417. The molecule has 0 amide bonds. The molecule has 0 fully saturated rings. The molecule has 0 aliphatic rings. The van der Waals surface area contributed by atoms with E-state index in [0.717, 1.165) is 4.57 Å². The number of hydrogen-bond donors (Lipinski definition) is 0. The van der Waals surface area contributed by atoms with Crippen molar-refractivity contribution in [2.24, 2.45) is 0 Å². The van der Waals surface area contributed by atoms with Gasteiger partial charge in [-0.15, -0.1) is 0 Å². The predicted octanol–water partition coefficient (Wildman–Crippen LogP) is 6.60. The zero-order chi connectivity index (χ0) is 25.4. The molecule has 0 N–H and O–H groups in total. The molecule has 1 aromatic heterocycles. The Morgan fingerprint density at radius 3 is 2.00 bits per heavy atom. The summed E-state index contributed by atoms with van der Waals surface area (Å²) in [6.45, 7) is 0. The number of halogens is 6. The molecule has 0 radical (unpaired) electrons. The molecule has 10 heteroatoms. The molecule has 0 atom stereocenters. The van der Waals surface area contributed by atoms with Gasteiger partial charge in [-0.05, 0) is 54.1 Å². The lowest BCUT2D eigenvalue weighted by Crippen LogP contribution is -2.23. The molecule has 0 bridgehead atoms. The molecule has 180 valence electrons. The van der Waals surface area contributed by atoms with Crippen molar-refractivity contribution in [1.82, 2.24) is 9.55 Å². The van der Waals surface area contributed by atoms with Gasteiger partial charge in [0.05, 0.1) is 34.8 Å². The lowest BCUT2D eigenvalue weighted by Gasteiger charge is -2.17. The van der Waals surface area contributed by atoms with Crippen molar-refractivity contribution >= 4 is 23.1 Å². The van der Waals surface area contributed by atoms with Crippen LogP contribution in [0.2, 0.25) is 0 Å². The summed E-state index contributed by atoms with van der Waals surface area (Å²) < 4.78 is 86.5. The van der Waals surface area contributed by atoms with Crippen molar-refractivity contribution in [3.8, 4) is 11.4 Å². The molecule has 3 aromatic carbocycles. The van der Waals surface area contributed by atoms with Gasteiger partial charge in [-0.1, -0.05) is 30.3 Å². The van der Waals surface area contributed by atoms with Gasteiger partial charge in [-0.2, -0.15) is 26.3 Å². The molecule has 0 aliphatic heterocycles. The zero-order valence-corrected chi connectivity index (χ0v) is 18.0. The van der Waals surface area contributed by atoms with Crippen LogP contribution in [-0.2, 0) is 12.4 Å². The minimum absolute atomic E-state index is 0.00980. The molecule has 1 heterocycles. The topological polar surface area (TPSA) is 44.1 Å². The van der Waals surface area contributed by atoms with Crippen LogP contribution in [0.15, 0.2) is 71.5 Å². The SMILES string of the molecule is COc1ccc(/C=C/c2nc3ccccc3c(=O)n2-c2cc(C(F)(F)F)cc(C(F)(F)F)c2)cc1. The predicted molar refractivity (Wildman–Crippen MR) is 119 cm³/mol. The highest BCUT2D eigenvalue weighted by atomic mass is 19.4. The number of methoxy groups -OCH3 is 1. The number of fused-ring (bicyclic) bond motifs is 1. The second-order valence-electron chi connectivity index (χ2n) is 7.50. The lowest BCUT2D eigenvalue weighted by atomic mass is 10.1. The molecule has 0 aliphatic carbocycles. The maximum absolute atomic E-state index is 13.4. The summed E-state index contributed by atoms with van der Waals surface area (Å²) in [7, 11) is 1.49. The van der Waals surface area contributed by atoms with Gasteiger partial charge in [0, 0.05) is 0 Å². The first-order valence-corrected chi connectivity index (χ1v) is 10.1. The van der Waals surface area contributed by atoms with E-state index in [0.29, 0.717) is 23.4 Å². The first-order chi connectivity index (χ1) is 16.5. The maximum Gasteiger partial charge on any atom is 0.416 e. The molecular weight excluding hydrogens is 474 g/mol. The number of alkyl halides is 6. The molecule has 0 saturated carbocycles. The highest BCUT2D eigenvalue weighted by Crippen LogP contribution is 2.37. The second-order valence-corrected chi connectivity index (χ2v) is 7.50. The minimum atomic E-state index is -5.07. The summed E-state index contributed by atoms with van der Waals surface area (Å²) in [6.07, 6.45) is -7.25. The minimum Gasteiger partial charge on any atom is -0.497 e. The van der Waals surface area contributed by atoms with Crippen LogP contribution in [0.25, 0.3) is 28.7 Å². The largest absolute Gasteiger partial charge is 0.497 e. The van der Waals surface area contributed by atoms with Crippen LogP contribution < -0.4 is 10.3 Å². The van der Waals surface area contributed by atoms with E-state index in [9.17, 15) is 31.1 Å². The molecule has 0 unspecified atom stereocenters. The van der Waals surface area contributed by atoms with E-state index in [1.54, 1.807) is 30.3 Å². The van der Waals surface area contributed by atoms with Crippen LogP contribution >= 0.6 is 0 Å². The number of aromatic nitrogens is 2. The Hall–Kier alpha value is -4.08. The Labute approximate surface area is 194 Å². The highest BCUT2D eigenvalue weighted by Gasteiger charge is 2.37. The van der Waals surface area contributed by atoms with E-state index < -0.39 is 34.7 Å². The van der Waals surface area contributed by atoms with Crippen molar-refractivity contribution in [1.29, 1.82) is 0 Å². The van der Waals surface area contributed by atoms with Crippen molar-refractivity contribution in [2.75, 3.05) is 7.11 Å². The fraction of sp³-hybridized carbons (Fsp3) is 0.120. The van der Waals surface area contributed by atoms with E-state index in [-0.39, 0.29) is 22.8 Å². The first-order valence-electron chi connectivity index (χ1n) is 10.1. The van der Waals surface area contributed by atoms with Gasteiger partial charge in [-0.25, -0.2) is 4.98 Å². The van der Waals surface area contributed by atoms with Gasteiger partial charge in [0.1, 0.15) is 11.6 Å². The number of benzene rings is 3. The normalized spacial score (nSPS) is 12.4. The molecule has 0 saturated heterocycles. The second kappa shape index (κ2) is 8.94. The average molecular weight is 490 g/mol. The van der Waals surface area contributed by atoms with Gasteiger partial charge in [-0.3, -0.25) is 9.36 Å². The number of para-hydroxylation sites is 1. The molecule has 0 spiro atoms. The average Bonchev–Trinajstić information content (AvgIpc) is 2.82. The Bertz CT molecular complexity index is 1440. The molecule has 4 aromatic rings. The van der Waals surface area contributed by atoms with E-state index in [4.69, 9.17) is 4.74 Å². The zero-order valence-electron chi connectivity index (χ0n) is 18.0. The molecule has 35 heavy (non-hydrogen) atoms. The maximum atomic E-state index is 13.4. The number of nitrogens with zero attached hydrogens (tertiary/aromatic N) is 2. The van der Waals surface area contributed by atoms with Gasteiger partial charge in [0.25, 0.3) is 5.56 Å². The number of rotatable bonds is 4.